The van der Waals surface area contributed by atoms with E-state index in [1.807, 2.05) is 6.92 Å². The molecule has 0 spiro atoms. The molecule has 15 heavy (non-hydrogen) atoms. The minimum Gasteiger partial charge on any atom is -0.377 e. The molecular formula is C10H21NO3S. The van der Waals surface area contributed by atoms with E-state index in [2.05, 4.69) is 5.32 Å². The van der Waals surface area contributed by atoms with Crippen LogP contribution in [0.25, 0.3) is 0 Å². The fraction of sp³-hybridized carbons (Fsp3) is 1.00. The predicted molar refractivity (Wildman–Crippen MR) is 60.8 cm³/mol. The summed E-state index contributed by atoms with van der Waals surface area (Å²) >= 11 is 0. The molecule has 1 saturated heterocycles. The molecule has 0 aromatic heterocycles. The van der Waals surface area contributed by atoms with Crippen LogP contribution in [-0.4, -0.2) is 45.7 Å². The van der Waals surface area contributed by atoms with E-state index in [0.29, 0.717) is 24.8 Å². The highest BCUT2D eigenvalue weighted by atomic mass is 32.2. The number of nitrogens with one attached hydrogen (secondary N) is 1. The van der Waals surface area contributed by atoms with Crippen LogP contribution in [0.2, 0.25) is 0 Å². The van der Waals surface area contributed by atoms with Crippen LogP contribution in [0.5, 0.6) is 0 Å². The van der Waals surface area contributed by atoms with Crippen molar-refractivity contribution in [2.75, 3.05) is 31.2 Å². The summed E-state index contributed by atoms with van der Waals surface area (Å²) in [6, 6.07) is 0. The number of sulfone groups is 1. The highest BCUT2D eigenvalue weighted by Gasteiger charge is 2.15. The Balaban J connectivity index is 2.05. The summed E-state index contributed by atoms with van der Waals surface area (Å²) < 4.78 is 28.1. The quantitative estimate of drug-likeness (QED) is 0.656. The molecule has 0 aliphatic carbocycles. The van der Waals surface area contributed by atoms with Gasteiger partial charge in [-0.1, -0.05) is 6.92 Å². The Bertz CT molecular complexity index is 258. The van der Waals surface area contributed by atoms with Gasteiger partial charge in [-0.25, -0.2) is 8.42 Å². The average molecular weight is 235 g/mol. The van der Waals surface area contributed by atoms with E-state index in [4.69, 9.17) is 4.74 Å². The van der Waals surface area contributed by atoms with Gasteiger partial charge in [0.25, 0.3) is 0 Å². The normalized spacial score (nSPS) is 22.1. The first-order chi connectivity index (χ1) is 7.14. The monoisotopic (exact) mass is 235 g/mol. The second-order valence-corrected chi connectivity index (χ2v) is 6.29. The Kier molecular flexibility index (Phi) is 5.56. The molecule has 5 heteroatoms. The first-order valence-electron chi connectivity index (χ1n) is 5.67. The molecule has 1 atom stereocenters. The lowest BCUT2D eigenvalue weighted by Crippen LogP contribution is -2.31. The summed E-state index contributed by atoms with van der Waals surface area (Å²) in [5.74, 6) is 0.544. The molecule has 0 aromatic carbocycles. The maximum Gasteiger partial charge on any atom is 0.151 e. The van der Waals surface area contributed by atoms with Gasteiger partial charge < -0.3 is 10.1 Å². The topological polar surface area (TPSA) is 55.4 Å². The molecule has 1 aliphatic rings. The lowest BCUT2D eigenvalue weighted by molar-refractivity contribution is 0.110. The van der Waals surface area contributed by atoms with Crippen LogP contribution in [0.4, 0.5) is 0 Å². The molecule has 4 nitrogen and oxygen atoms in total. The van der Waals surface area contributed by atoms with E-state index in [0.717, 1.165) is 26.0 Å². The zero-order valence-electron chi connectivity index (χ0n) is 9.37. The second-order valence-electron chi connectivity index (χ2n) is 3.99. The fourth-order valence-corrected chi connectivity index (χ4v) is 2.99. The Hall–Kier alpha value is -0.130. The van der Waals surface area contributed by atoms with Gasteiger partial charge in [0, 0.05) is 25.4 Å². The van der Waals surface area contributed by atoms with Crippen molar-refractivity contribution in [1.29, 1.82) is 0 Å². The van der Waals surface area contributed by atoms with Crippen LogP contribution in [0.15, 0.2) is 0 Å². The van der Waals surface area contributed by atoms with Crippen molar-refractivity contribution in [2.45, 2.75) is 32.3 Å². The number of rotatable bonds is 7. The first kappa shape index (κ1) is 12.9. The summed E-state index contributed by atoms with van der Waals surface area (Å²) in [6.07, 6.45) is 3.21. The third-order valence-electron chi connectivity index (χ3n) is 2.50. The zero-order chi connectivity index (χ0) is 11.1. The summed E-state index contributed by atoms with van der Waals surface area (Å²) in [5.41, 5.74) is 0. The van der Waals surface area contributed by atoms with E-state index in [1.54, 1.807) is 0 Å². The van der Waals surface area contributed by atoms with E-state index in [9.17, 15) is 8.42 Å². The smallest absolute Gasteiger partial charge is 0.151 e. The highest BCUT2D eigenvalue weighted by molar-refractivity contribution is 7.91. The number of hydrogen-bond acceptors (Lipinski definition) is 4. The SMILES string of the molecule is CCCS(=O)(=O)CCNCC1CCCO1. The lowest BCUT2D eigenvalue weighted by Gasteiger charge is -2.10. The molecule has 1 heterocycles. The molecule has 0 bridgehead atoms. The predicted octanol–water partition coefficient (Wildman–Crippen LogP) is 0.580. The molecule has 1 aliphatic heterocycles. The third kappa shape index (κ3) is 5.49. The van der Waals surface area contributed by atoms with Crippen molar-refractivity contribution >= 4 is 9.84 Å². The van der Waals surface area contributed by atoms with Crippen LogP contribution < -0.4 is 5.32 Å². The fourth-order valence-electron chi connectivity index (χ4n) is 1.71. The van der Waals surface area contributed by atoms with Crippen molar-refractivity contribution in [3.63, 3.8) is 0 Å². The minimum absolute atomic E-state index is 0.244. The van der Waals surface area contributed by atoms with Gasteiger partial charge in [0.15, 0.2) is 9.84 Å². The average Bonchev–Trinajstić information content (AvgIpc) is 2.65. The van der Waals surface area contributed by atoms with E-state index in [-0.39, 0.29) is 5.75 Å². The maximum absolute atomic E-state index is 11.4. The Labute approximate surface area is 92.3 Å². The van der Waals surface area contributed by atoms with Gasteiger partial charge in [0.1, 0.15) is 0 Å². The Morgan fingerprint density at radius 1 is 1.40 bits per heavy atom. The van der Waals surface area contributed by atoms with Crippen molar-refractivity contribution in [3.05, 3.63) is 0 Å². The van der Waals surface area contributed by atoms with Gasteiger partial charge in [-0.3, -0.25) is 0 Å². The molecule has 0 amide bonds. The number of ether oxygens (including phenoxy) is 1. The second kappa shape index (κ2) is 6.45. The molecule has 0 radical (unpaired) electrons. The molecule has 1 unspecified atom stereocenters. The van der Waals surface area contributed by atoms with Gasteiger partial charge in [0.05, 0.1) is 11.9 Å². The van der Waals surface area contributed by atoms with Crippen molar-refractivity contribution in [3.8, 4) is 0 Å². The minimum atomic E-state index is -2.83. The molecule has 0 saturated carbocycles. The van der Waals surface area contributed by atoms with Crippen LogP contribution in [0.3, 0.4) is 0 Å². The zero-order valence-corrected chi connectivity index (χ0v) is 10.2. The van der Waals surface area contributed by atoms with Gasteiger partial charge in [-0.2, -0.15) is 0 Å². The van der Waals surface area contributed by atoms with Crippen LogP contribution in [0.1, 0.15) is 26.2 Å². The van der Waals surface area contributed by atoms with Gasteiger partial charge in [-0.15, -0.1) is 0 Å². The first-order valence-corrected chi connectivity index (χ1v) is 7.49. The highest BCUT2D eigenvalue weighted by Crippen LogP contribution is 2.10. The Morgan fingerprint density at radius 3 is 2.80 bits per heavy atom. The molecule has 0 aromatic rings. The van der Waals surface area contributed by atoms with Crippen LogP contribution in [-0.2, 0) is 14.6 Å². The third-order valence-corrected chi connectivity index (χ3v) is 4.36. The summed E-state index contributed by atoms with van der Waals surface area (Å²) in [4.78, 5) is 0. The molecule has 1 rings (SSSR count). The van der Waals surface area contributed by atoms with Crippen LogP contribution >= 0.6 is 0 Å². The molecular weight excluding hydrogens is 214 g/mol. The molecule has 90 valence electrons. The van der Waals surface area contributed by atoms with Gasteiger partial charge in [0.2, 0.25) is 0 Å². The van der Waals surface area contributed by atoms with Crippen molar-refractivity contribution in [2.24, 2.45) is 0 Å². The summed E-state index contributed by atoms with van der Waals surface area (Å²) in [7, 11) is -2.83. The van der Waals surface area contributed by atoms with E-state index < -0.39 is 9.84 Å². The maximum atomic E-state index is 11.4. The summed E-state index contributed by atoms with van der Waals surface area (Å²) in [5, 5.41) is 3.14. The van der Waals surface area contributed by atoms with Gasteiger partial charge in [-0.05, 0) is 19.3 Å². The lowest BCUT2D eigenvalue weighted by atomic mass is 10.2. The van der Waals surface area contributed by atoms with Crippen molar-refractivity contribution in [1.82, 2.24) is 5.32 Å². The standard InChI is InChI=1S/C10H21NO3S/c1-2-7-15(12,13)8-5-11-9-10-4-3-6-14-10/h10-11H,2-9H2,1H3. The molecule has 1 N–H and O–H groups in total. The van der Waals surface area contributed by atoms with Gasteiger partial charge >= 0.3 is 0 Å². The Morgan fingerprint density at radius 2 is 2.20 bits per heavy atom. The van der Waals surface area contributed by atoms with E-state index in [1.165, 1.54) is 0 Å². The summed E-state index contributed by atoms with van der Waals surface area (Å²) in [6.45, 7) is 4.06. The van der Waals surface area contributed by atoms with E-state index >= 15 is 0 Å². The number of hydrogen-bond donors (Lipinski definition) is 1. The van der Waals surface area contributed by atoms with Crippen LogP contribution in [0, 0.1) is 0 Å². The molecule has 1 fully saturated rings. The largest absolute Gasteiger partial charge is 0.377 e. The van der Waals surface area contributed by atoms with Crippen molar-refractivity contribution < 1.29 is 13.2 Å².